The van der Waals surface area contributed by atoms with Crippen LogP contribution in [0.5, 0.6) is 0 Å². The van der Waals surface area contributed by atoms with Gasteiger partial charge in [0.2, 0.25) is 0 Å². The first kappa shape index (κ1) is 23.7. The number of rotatable bonds is 2. The summed E-state index contributed by atoms with van der Waals surface area (Å²) < 4.78 is 13.3. The lowest BCUT2D eigenvalue weighted by Crippen LogP contribution is -2.41. The Hall–Kier alpha value is -1.95. The molecule has 2 heterocycles. The topological polar surface area (TPSA) is 31.4 Å². The van der Waals surface area contributed by atoms with E-state index in [-0.39, 0.29) is 18.3 Å². The van der Waals surface area contributed by atoms with Crippen molar-refractivity contribution in [2.24, 2.45) is 0 Å². The van der Waals surface area contributed by atoms with E-state index in [1.165, 1.54) is 21.2 Å². The second-order valence-corrected chi connectivity index (χ2v) is 9.97. The van der Waals surface area contributed by atoms with Gasteiger partial charge in [-0.05, 0) is 88.8 Å². The number of hydrogen-bond donors (Lipinski definition) is 0. The average molecular weight is 480 g/mol. The highest BCUT2D eigenvalue weighted by Crippen LogP contribution is 2.36. The Morgan fingerprint density at radius 2 is 1.35 bits per heavy atom. The first-order valence-corrected chi connectivity index (χ1v) is 11.4. The Balaban J connectivity index is 0.000000229. The second kappa shape index (κ2) is 9.27. The molecule has 0 aliphatic carbocycles. The summed E-state index contributed by atoms with van der Waals surface area (Å²) in [5.41, 5.74) is 6.50. The lowest BCUT2D eigenvalue weighted by molar-refractivity contribution is 0.00578. The van der Waals surface area contributed by atoms with Crippen molar-refractivity contribution in [1.82, 2.24) is 4.98 Å². The van der Waals surface area contributed by atoms with Crippen LogP contribution in [-0.2, 0) is 9.31 Å². The van der Waals surface area contributed by atoms with Crippen LogP contribution in [0.25, 0.3) is 11.3 Å². The highest BCUT2D eigenvalue weighted by Gasteiger charge is 2.51. The van der Waals surface area contributed by atoms with Crippen LogP contribution in [0.3, 0.4) is 0 Å². The van der Waals surface area contributed by atoms with Crippen molar-refractivity contribution in [2.45, 2.75) is 59.7 Å². The highest BCUT2D eigenvalue weighted by molar-refractivity contribution is 9.10. The van der Waals surface area contributed by atoms with Crippen molar-refractivity contribution < 1.29 is 9.31 Å². The number of hydrogen-bond acceptors (Lipinski definition) is 3. The van der Waals surface area contributed by atoms with Gasteiger partial charge in [-0.3, -0.25) is 4.98 Å². The van der Waals surface area contributed by atoms with Gasteiger partial charge >= 0.3 is 7.12 Å². The molecule has 3 nitrogen and oxygen atoms in total. The van der Waals surface area contributed by atoms with Gasteiger partial charge in [0, 0.05) is 16.2 Å². The molecule has 162 valence electrons. The predicted molar refractivity (Wildman–Crippen MR) is 134 cm³/mol. The molecule has 31 heavy (non-hydrogen) atoms. The Labute approximate surface area is 195 Å². The fourth-order valence-electron chi connectivity index (χ4n) is 3.25. The van der Waals surface area contributed by atoms with Gasteiger partial charge in [0.1, 0.15) is 0 Å². The summed E-state index contributed by atoms with van der Waals surface area (Å²) in [6, 6.07) is 18.5. The number of nitrogens with zero attached hydrogens (tertiary/aromatic N) is 1. The van der Waals surface area contributed by atoms with E-state index in [1.54, 1.807) is 6.20 Å². The zero-order chi connectivity index (χ0) is 22.8. The minimum atomic E-state index is -0.312. The molecule has 1 aliphatic heterocycles. The van der Waals surface area contributed by atoms with Crippen LogP contribution in [0, 0.1) is 20.8 Å². The van der Waals surface area contributed by atoms with Crippen LogP contribution in [0.2, 0.25) is 0 Å². The maximum Gasteiger partial charge on any atom is 0.494 e. The molecule has 0 radical (unpaired) electrons. The molecule has 1 aliphatic rings. The number of benzene rings is 2. The third-order valence-corrected chi connectivity index (χ3v) is 7.03. The van der Waals surface area contributed by atoms with Gasteiger partial charge in [-0.25, -0.2) is 0 Å². The molecule has 5 heteroatoms. The fourth-order valence-corrected chi connectivity index (χ4v) is 3.71. The largest absolute Gasteiger partial charge is 0.494 e. The van der Waals surface area contributed by atoms with Crippen LogP contribution >= 0.6 is 15.9 Å². The van der Waals surface area contributed by atoms with E-state index >= 15 is 0 Å². The monoisotopic (exact) mass is 479 g/mol. The predicted octanol–water partition coefficient (Wildman–Crippen LogP) is 6.42. The summed E-state index contributed by atoms with van der Waals surface area (Å²) in [5.74, 6) is 0. The molecule has 1 saturated heterocycles. The molecule has 0 N–H and O–H groups in total. The molecule has 2 aromatic carbocycles. The molecule has 1 aromatic heterocycles. The third kappa shape index (κ3) is 5.46. The molecule has 0 spiro atoms. The molecular weight excluding hydrogens is 449 g/mol. The first-order valence-electron chi connectivity index (χ1n) is 10.6. The van der Waals surface area contributed by atoms with Crippen LogP contribution in [-0.4, -0.2) is 23.3 Å². The standard InChI is InChI=1S/C17H20BNO2.C9H11Br/c1-16(2)17(3,4)21-18(20-16)14-10-8-13(9-11-14)15-7-5-6-12-19-15;1-6-4-8(3)9(10)5-7(6)2/h5-12H,1-4H3;4-5H,1-3H3. The molecule has 0 bridgehead atoms. The van der Waals surface area contributed by atoms with Gasteiger partial charge in [-0.15, -0.1) is 0 Å². The van der Waals surface area contributed by atoms with Crippen molar-refractivity contribution >= 4 is 28.5 Å². The van der Waals surface area contributed by atoms with Gasteiger partial charge in [0.25, 0.3) is 0 Å². The number of aromatic nitrogens is 1. The third-order valence-electron chi connectivity index (χ3n) is 6.17. The van der Waals surface area contributed by atoms with Crippen LogP contribution in [0.1, 0.15) is 44.4 Å². The second-order valence-electron chi connectivity index (χ2n) is 9.11. The number of pyridine rings is 1. The van der Waals surface area contributed by atoms with E-state index < -0.39 is 0 Å². The Morgan fingerprint density at radius 1 is 0.774 bits per heavy atom. The molecule has 4 rings (SSSR count). The summed E-state index contributed by atoms with van der Waals surface area (Å²) in [6.45, 7) is 14.6. The van der Waals surface area contributed by atoms with E-state index in [9.17, 15) is 0 Å². The van der Waals surface area contributed by atoms with Crippen molar-refractivity contribution in [3.63, 3.8) is 0 Å². The summed E-state index contributed by atoms with van der Waals surface area (Å²) in [7, 11) is -0.312. The van der Waals surface area contributed by atoms with Gasteiger partial charge in [-0.2, -0.15) is 0 Å². The molecule has 0 saturated carbocycles. The Bertz CT molecular complexity index is 967. The van der Waals surface area contributed by atoms with Crippen LogP contribution in [0.4, 0.5) is 0 Å². The quantitative estimate of drug-likeness (QED) is 0.397. The minimum Gasteiger partial charge on any atom is -0.399 e. The molecule has 0 unspecified atom stereocenters. The van der Waals surface area contributed by atoms with E-state index in [4.69, 9.17) is 9.31 Å². The number of aryl methyl sites for hydroxylation is 3. The Kier molecular flexibility index (Phi) is 7.09. The summed E-state index contributed by atoms with van der Waals surface area (Å²) in [5, 5.41) is 0. The van der Waals surface area contributed by atoms with Crippen molar-refractivity contribution in [3.05, 3.63) is 82.0 Å². The number of halogens is 1. The van der Waals surface area contributed by atoms with Gasteiger partial charge in [0.05, 0.1) is 16.9 Å². The van der Waals surface area contributed by atoms with E-state index in [2.05, 4.69) is 93.6 Å². The SMILES string of the molecule is CC1(C)OB(c2ccc(-c3ccccn3)cc2)OC1(C)C.Cc1cc(C)c(Br)cc1C. The normalized spacial score (nSPS) is 16.6. The minimum absolute atomic E-state index is 0.308. The Morgan fingerprint density at radius 3 is 1.87 bits per heavy atom. The smallest absolute Gasteiger partial charge is 0.399 e. The van der Waals surface area contributed by atoms with E-state index in [0.29, 0.717) is 0 Å². The van der Waals surface area contributed by atoms with Crippen molar-refractivity contribution in [3.8, 4) is 11.3 Å². The zero-order valence-electron chi connectivity index (χ0n) is 19.5. The molecule has 1 fully saturated rings. The van der Waals surface area contributed by atoms with Gasteiger partial charge < -0.3 is 9.31 Å². The highest BCUT2D eigenvalue weighted by atomic mass is 79.9. The molecule has 0 atom stereocenters. The fraction of sp³-hybridized carbons (Fsp3) is 0.346. The first-order chi connectivity index (χ1) is 14.5. The molecule has 0 amide bonds. The average Bonchev–Trinajstić information content (AvgIpc) is 2.95. The zero-order valence-corrected chi connectivity index (χ0v) is 21.1. The summed E-state index contributed by atoms with van der Waals surface area (Å²) in [6.07, 6.45) is 1.80. The maximum atomic E-state index is 6.06. The lowest BCUT2D eigenvalue weighted by Gasteiger charge is -2.32. The van der Waals surface area contributed by atoms with Crippen LogP contribution in [0.15, 0.2) is 65.3 Å². The maximum absolute atomic E-state index is 6.06. The lowest BCUT2D eigenvalue weighted by atomic mass is 9.79. The summed E-state index contributed by atoms with van der Waals surface area (Å²) in [4.78, 5) is 4.36. The molecular formula is C26H31BBrNO2. The van der Waals surface area contributed by atoms with Crippen LogP contribution < -0.4 is 5.46 Å². The van der Waals surface area contributed by atoms with Gasteiger partial charge in [-0.1, -0.05) is 52.3 Å². The molecule has 3 aromatic rings. The van der Waals surface area contributed by atoms with E-state index in [1.807, 2.05) is 30.3 Å². The van der Waals surface area contributed by atoms with E-state index in [0.717, 1.165) is 16.7 Å². The van der Waals surface area contributed by atoms with Crippen molar-refractivity contribution in [1.29, 1.82) is 0 Å². The van der Waals surface area contributed by atoms with Gasteiger partial charge in [0.15, 0.2) is 0 Å². The summed E-state index contributed by atoms with van der Waals surface area (Å²) >= 11 is 3.48. The van der Waals surface area contributed by atoms with Crippen molar-refractivity contribution in [2.75, 3.05) is 0 Å².